The Bertz CT molecular complexity index is 603. The summed E-state index contributed by atoms with van der Waals surface area (Å²) in [5.41, 5.74) is 2.81. The third-order valence-corrected chi connectivity index (χ3v) is 6.22. The van der Waals surface area contributed by atoms with E-state index < -0.39 is 0 Å². The molecule has 0 N–H and O–H groups in total. The van der Waals surface area contributed by atoms with Crippen LogP contribution in [0.2, 0.25) is 0 Å². The van der Waals surface area contributed by atoms with Crippen molar-refractivity contribution in [2.45, 2.75) is 57.0 Å². The van der Waals surface area contributed by atoms with Crippen LogP contribution in [0.3, 0.4) is 0 Å². The zero-order chi connectivity index (χ0) is 16.6. The summed E-state index contributed by atoms with van der Waals surface area (Å²) in [6.07, 6.45) is 5.90. The van der Waals surface area contributed by atoms with Crippen LogP contribution in [0.1, 0.15) is 56.1 Å². The minimum atomic E-state index is 0.0494. The number of benzene rings is 1. The lowest BCUT2D eigenvalue weighted by molar-refractivity contribution is 0.0238. The van der Waals surface area contributed by atoms with Crippen molar-refractivity contribution in [2.24, 2.45) is 0 Å². The molecule has 1 spiro atoms. The van der Waals surface area contributed by atoms with Gasteiger partial charge in [-0.3, -0.25) is 0 Å². The number of morpholine rings is 1. The summed E-state index contributed by atoms with van der Waals surface area (Å²) in [6.45, 7) is 5.88. The zero-order valence-electron chi connectivity index (χ0n) is 14.7. The summed E-state index contributed by atoms with van der Waals surface area (Å²) in [6, 6.07) is 8.93. The SMILES string of the molecule is CC1CC2(CCCC2)N(C(=O)N2CCOCC2)Cc2ccccc21. The highest BCUT2D eigenvalue weighted by molar-refractivity contribution is 5.76. The van der Waals surface area contributed by atoms with Gasteiger partial charge in [0.05, 0.1) is 13.2 Å². The summed E-state index contributed by atoms with van der Waals surface area (Å²) in [7, 11) is 0. The summed E-state index contributed by atoms with van der Waals surface area (Å²) in [5.74, 6) is 0.516. The van der Waals surface area contributed by atoms with Gasteiger partial charge in [-0.25, -0.2) is 4.79 Å². The molecule has 1 saturated carbocycles. The third-order valence-electron chi connectivity index (χ3n) is 6.22. The highest BCUT2D eigenvalue weighted by atomic mass is 16.5. The highest BCUT2D eigenvalue weighted by Crippen LogP contribution is 2.46. The number of urea groups is 1. The standard InChI is InChI=1S/C20H28N2O2/c1-16-14-20(8-4-5-9-20)22(15-17-6-2-3-7-18(16)17)19(23)21-10-12-24-13-11-21/h2-3,6-7,16H,4-5,8-15H2,1H3. The molecule has 130 valence electrons. The first-order valence-electron chi connectivity index (χ1n) is 9.42. The number of nitrogens with zero attached hydrogens (tertiary/aromatic N) is 2. The number of rotatable bonds is 0. The van der Waals surface area contributed by atoms with Crippen molar-refractivity contribution in [2.75, 3.05) is 26.3 Å². The van der Waals surface area contributed by atoms with Crippen molar-refractivity contribution in [3.8, 4) is 0 Å². The molecule has 2 fully saturated rings. The zero-order valence-corrected chi connectivity index (χ0v) is 14.7. The molecule has 1 aromatic rings. The number of ether oxygens (including phenoxy) is 1. The molecule has 1 saturated heterocycles. The lowest BCUT2D eigenvalue weighted by Crippen LogP contribution is -2.56. The fourth-order valence-corrected chi connectivity index (χ4v) is 4.99. The van der Waals surface area contributed by atoms with E-state index >= 15 is 0 Å². The molecule has 0 aromatic heterocycles. The van der Waals surface area contributed by atoms with Crippen LogP contribution in [0, 0.1) is 0 Å². The second-order valence-corrected chi connectivity index (χ2v) is 7.70. The van der Waals surface area contributed by atoms with E-state index in [-0.39, 0.29) is 11.6 Å². The van der Waals surface area contributed by atoms with E-state index in [1.54, 1.807) is 0 Å². The highest BCUT2D eigenvalue weighted by Gasteiger charge is 2.46. The Labute approximate surface area is 144 Å². The van der Waals surface area contributed by atoms with Crippen LogP contribution in [-0.4, -0.2) is 47.7 Å². The molecule has 24 heavy (non-hydrogen) atoms. The average Bonchev–Trinajstić information content (AvgIpc) is 3.04. The van der Waals surface area contributed by atoms with Crippen LogP contribution in [0.4, 0.5) is 4.79 Å². The van der Waals surface area contributed by atoms with Crippen molar-refractivity contribution in [1.82, 2.24) is 9.80 Å². The lowest BCUT2D eigenvalue weighted by atomic mass is 9.83. The minimum absolute atomic E-state index is 0.0494. The van der Waals surface area contributed by atoms with Gasteiger partial charge in [0.25, 0.3) is 0 Å². The molecule has 2 aliphatic heterocycles. The molecule has 4 heteroatoms. The summed E-state index contributed by atoms with van der Waals surface area (Å²) in [5, 5.41) is 0. The van der Waals surface area contributed by atoms with Crippen molar-refractivity contribution in [3.05, 3.63) is 35.4 Å². The number of carbonyl (C=O) groups is 1. The van der Waals surface area contributed by atoms with Gasteiger partial charge in [0.2, 0.25) is 0 Å². The van der Waals surface area contributed by atoms with E-state index in [4.69, 9.17) is 4.74 Å². The van der Waals surface area contributed by atoms with E-state index in [9.17, 15) is 4.79 Å². The van der Waals surface area contributed by atoms with Gasteiger partial charge in [0.15, 0.2) is 0 Å². The molecule has 1 unspecified atom stereocenters. The van der Waals surface area contributed by atoms with Gasteiger partial charge in [-0.2, -0.15) is 0 Å². The monoisotopic (exact) mass is 328 g/mol. The first kappa shape index (κ1) is 15.9. The number of fused-ring (bicyclic) bond motifs is 1. The Balaban J connectivity index is 1.69. The Morgan fingerprint density at radius 1 is 1.17 bits per heavy atom. The van der Waals surface area contributed by atoms with Crippen molar-refractivity contribution >= 4 is 6.03 Å². The van der Waals surface area contributed by atoms with Crippen LogP contribution in [0.5, 0.6) is 0 Å². The van der Waals surface area contributed by atoms with Crippen molar-refractivity contribution in [3.63, 3.8) is 0 Å². The molecule has 0 radical (unpaired) electrons. The smallest absolute Gasteiger partial charge is 0.320 e. The number of carbonyl (C=O) groups excluding carboxylic acids is 1. The van der Waals surface area contributed by atoms with Crippen molar-refractivity contribution < 1.29 is 9.53 Å². The molecule has 4 rings (SSSR count). The molecule has 4 nitrogen and oxygen atoms in total. The lowest BCUT2D eigenvalue weighted by Gasteiger charge is -2.44. The Hall–Kier alpha value is -1.55. The fourth-order valence-electron chi connectivity index (χ4n) is 4.99. The first-order valence-corrected chi connectivity index (χ1v) is 9.42. The van der Waals surface area contributed by atoms with E-state index in [0.29, 0.717) is 19.1 Å². The summed E-state index contributed by atoms with van der Waals surface area (Å²) in [4.78, 5) is 17.6. The van der Waals surface area contributed by atoms with Gasteiger partial charge in [-0.15, -0.1) is 0 Å². The quantitative estimate of drug-likeness (QED) is 0.726. The average molecular weight is 328 g/mol. The second kappa shape index (κ2) is 6.40. The predicted octanol–water partition coefficient (Wildman–Crippen LogP) is 3.76. The minimum Gasteiger partial charge on any atom is -0.378 e. The molecule has 1 aliphatic carbocycles. The maximum Gasteiger partial charge on any atom is 0.320 e. The van der Waals surface area contributed by atoms with E-state index in [0.717, 1.165) is 38.9 Å². The third kappa shape index (κ3) is 2.71. The van der Waals surface area contributed by atoms with Crippen molar-refractivity contribution in [1.29, 1.82) is 0 Å². The Morgan fingerprint density at radius 2 is 1.88 bits per heavy atom. The van der Waals surface area contributed by atoms with Gasteiger partial charge in [0.1, 0.15) is 0 Å². The van der Waals surface area contributed by atoms with Crippen LogP contribution < -0.4 is 0 Å². The number of hydrogen-bond acceptors (Lipinski definition) is 2. The summed E-state index contributed by atoms with van der Waals surface area (Å²) >= 11 is 0. The largest absolute Gasteiger partial charge is 0.378 e. The van der Waals surface area contributed by atoms with E-state index in [2.05, 4.69) is 36.1 Å². The van der Waals surface area contributed by atoms with Crippen LogP contribution >= 0.6 is 0 Å². The van der Waals surface area contributed by atoms with Gasteiger partial charge in [0, 0.05) is 25.2 Å². The van der Waals surface area contributed by atoms with Crippen LogP contribution in [-0.2, 0) is 11.3 Å². The molecule has 3 aliphatic rings. The molecule has 2 heterocycles. The predicted molar refractivity (Wildman–Crippen MR) is 94.0 cm³/mol. The Morgan fingerprint density at radius 3 is 2.62 bits per heavy atom. The molecule has 0 bridgehead atoms. The number of hydrogen-bond donors (Lipinski definition) is 0. The topological polar surface area (TPSA) is 32.8 Å². The normalized spacial score (nSPS) is 26.3. The molecule has 1 aromatic carbocycles. The molecule has 2 amide bonds. The first-order chi connectivity index (χ1) is 11.7. The van der Waals surface area contributed by atoms with Crippen LogP contribution in [0.25, 0.3) is 0 Å². The number of amides is 2. The van der Waals surface area contributed by atoms with Gasteiger partial charge in [-0.05, 0) is 36.3 Å². The van der Waals surface area contributed by atoms with Gasteiger partial charge in [-0.1, -0.05) is 44.0 Å². The maximum atomic E-state index is 13.4. The van der Waals surface area contributed by atoms with Gasteiger partial charge < -0.3 is 14.5 Å². The summed E-state index contributed by atoms with van der Waals surface area (Å²) < 4.78 is 5.44. The molecular weight excluding hydrogens is 300 g/mol. The van der Waals surface area contributed by atoms with Gasteiger partial charge >= 0.3 is 6.03 Å². The van der Waals surface area contributed by atoms with E-state index in [1.165, 1.54) is 24.0 Å². The second-order valence-electron chi connectivity index (χ2n) is 7.70. The van der Waals surface area contributed by atoms with Crippen LogP contribution in [0.15, 0.2) is 24.3 Å². The fraction of sp³-hybridized carbons (Fsp3) is 0.650. The molecular formula is C20H28N2O2. The van der Waals surface area contributed by atoms with E-state index in [1.807, 2.05) is 4.90 Å². The Kier molecular flexibility index (Phi) is 4.25. The molecule has 1 atom stereocenters. The maximum absolute atomic E-state index is 13.4.